The summed E-state index contributed by atoms with van der Waals surface area (Å²) in [6.45, 7) is 18.9. The zero-order chi connectivity index (χ0) is 20.9. The first-order chi connectivity index (χ1) is 11.7. The van der Waals surface area contributed by atoms with Gasteiger partial charge in [0.15, 0.2) is 0 Å². The van der Waals surface area contributed by atoms with Crippen LogP contribution in [0.25, 0.3) is 0 Å². The number of rotatable bonds is 3. The average Bonchev–Trinajstić information content (AvgIpc) is 2.47. The Hall–Kier alpha value is -0.676. The molecule has 4 nitrogen and oxygen atoms in total. The molecule has 0 aliphatic heterocycles. The number of hydrogen-bond donors (Lipinski definition) is 2. The second-order valence-corrected chi connectivity index (χ2v) is 9.80. The van der Waals surface area contributed by atoms with Crippen LogP contribution in [0, 0.1) is 5.41 Å². The number of hydrogen-bond acceptors (Lipinski definition) is 4. The summed E-state index contributed by atoms with van der Waals surface area (Å²) in [7, 11) is 0. The summed E-state index contributed by atoms with van der Waals surface area (Å²) in [5.41, 5.74) is 2.51. The number of nitrogens with zero attached hydrogens (tertiary/aromatic N) is 1. The first kappa shape index (κ1) is 28.5. The molecule has 0 saturated carbocycles. The first-order valence-corrected chi connectivity index (χ1v) is 9.45. The van der Waals surface area contributed by atoms with E-state index < -0.39 is 0 Å². The molecule has 1 atom stereocenters. The van der Waals surface area contributed by atoms with E-state index in [-0.39, 0.29) is 47.1 Å². The van der Waals surface area contributed by atoms with Gasteiger partial charge in [-0.1, -0.05) is 68.4 Å². The van der Waals surface area contributed by atoms with Crippen LogP contribution in [0.4, 0.5) is 0 Å². The van der Waals surface area contributed by atoms with Crippen molar-refractivity contribution in [1.29, 1.82) is 0 Å². The molecule has 0 amide bonds. The maximum absolute atomic E-state index is 10.7. The number of aromatic hydroxyl groups is 1. The molecule has 0 spiro atoms. The molecular formula is C21H36ClNO3V. The van der Waals surface area contributed by atoms with Gasteiger partial charge in [0.25, 0.3) is 0 Å². The summed E-state index contributed by atoms with van der Waals surface area (Å²) >= 11 is 1.06. The van der Waals surface area contributed by atoms with Crippen LogP contribution in [0.2, 0.25) is 0 Å². The molecule has 1 rings (SSSR count). The van der Waals surface area contributed by atoms with Crippen LogP contribution in [0.3, 0.4) is 0 Å². The molecule has 155 valence electrons. The summed E-state index contributed by atoms with van der Waals surface area (Å²) in [6.07, 6.45) is 1.71. The van der Waals surface area contributed by atoms with Gasteiger partial charge in [0.2, 0.25) is 0 Å². The van der Waals surface area contributed by atoms with E-state index in [4.69, 9.17) is 3.67 Å². The fourth-order valence-electron chi connectivity index (χ4n) is 2.47. The Balaban J connectivity index is 0. The van der Waals surface area contributed by atoms with Crippen molar-refractivity contribution < 1.29 is 31.3 Å². The number of benzene rings is 1. The molecule has 6 heteroatoms. The van der Waals surface area contributed by atoms with Crippen LogP contribution in [-0.4, -0.2) is 29.1 Å². The van der Waals surface area contributed by atoms with Gasteiger partial charge in [-0.2, -0.15) is 0 Å². The Kier molecular flexibility index (Phi) is 11.4. The molecule has 0 fully saturated rings. The van der Waals surface area contributed by atoms with Crippen LogP contribution in [0.5, 0.6) is 5.75 Å². The van der Waals surface area contributed by atoms with E-state index in [0.29, 0.717) is 0 Å². The van der Waals surface area contributed by atoms with Crippen LogP contribution < -0.4 is 0 Å². The van der Waals surface area contributed by atoms with Crippen molar-refractivity contribution in [3.8, 4) is 5.75 Å². The Bertz CT molecular complexity index is 626. The van der Waals surface area contributed by atoms with E-state index in [1.807, 2.05) is 6.07 Å². The monoisotopic (exact) mass is 436 g/mol. The number of aliphatic imine (C=N–C) groups is 1. The van der Waals surface area contributed by atoms with Crippen molar-refractivity contribution >= 4 is 18.6 Å². The number of aliphatic hydroxyl groups is 1. The van der Waals surface area contributed by atoms with E-state index in [9.17, 15) is 10.2 Å². The molecule has 1 aromatic rings. The van der Waals surface area contributed by atoms with E-state index in [2.05, 4.69) is 73.4 Å². The van der Waals surface area contributed by atoms with Gasteiger partial charge in [-0.05, 0) is 27.9 Å². The molecule has 0 heterocycles. The van der Waals surface area contributed by atoms with E-state index in [1.54, 1.807) is 6.21 Å². The van der Waals surface area contributed by atoms with Crippen molar-refractivity contribution in [2.45, 2.75) is 79.2 Å². The van der Waals surface area contributed by atoms with E-state index in [1.165, 1.54) is 5.56 Å². The Morgan fingerprint density at radius 1 is 1.00 bits per heavy atom. The van der Waals surface area contributed by atoms with Crippen LogP contribution in [-0.2, 0) is 31.9 Å². The molecule has 0 aliphatic carbocycles. The average molecular weight is 437 g/mol. The topological polar surface area (TPSA) is 69.9 Å². The minimum atomic E-state index is -0.201. The zero-order valence-electron chi connectivity index (χ0n) is 18.1. The van der Waals surface area contributed by atoms with Gasteiger partial charge in [0.05, 0.1) is 12.6 Å². The summed E-state index contributed by atoms with van der Waals surface area (Å²) < 4.78 is 8.19. The summed E-state index contributed by atoms with van der Waals surface area (Å²) in [6, 6.07) is 3.90. The number of halogens is 1. The summed E-state index contributed by atoms with van der Waals surface area (Å²) in [5.74, 6) is 0.282. The van der Waals surface area contributed by atoms with Gasteiger partial charge in [0, 0.05) is 17.3 Å². The third-order valence-electron chi connectivity index (χ3n) is 4.38. The molecule has 0 radical (unpaired) electrons. The van der Waals surface area contributed by atoms with Crippen LogP contribution in [0.1, 0.15) is 79.0 Å². The molecule has 0 bridgehead atoms. The van der Waals surface area contributed by atoms with Gasteiger partial charge in [-0.3, -0.25) is 4.99 Å². The first-order valence-electron chi connectivity index (χ1n) is 8.88. The van der Waals surface area contributed by atoms with Gasteiger partial charge in [-0.25, -0.2) is 0 Å². The fourth-order valence-corrected chi connectivity index (χ4v) is 2.47. The number of phenolic OH excluding ortho intramolecular Hbond substituents is 1. The zero-order valence-corrected chi connectivity index (χ0v) is 20.3. The van der Waals surface area contributed by atoms with Crippen molar-refractivity contribution in [3.63, 3.8) is 0 Å². The predicted molar refractivity (Wildman–Crippen MR) is 111 cm³/mol. The van der Waals surface area contributed by atoms with Crippen molar-refractivity contribution in [2.24, 2.45) is 10.4 Å². The summed E-state index contributed by atoms with van der Waals surface area (Å²) in [5, 5.41) is 20.3. The van der Waals surface area contributed by atoms with Crippen LogP contribution >= 0.6 is 12.4 Å². The third kappa shape index (κ3) is 8.47. The molecule has 2 N–H and O–H groups in total. The SMILES string of the molecule is CC(C)(C)c1cc(C=N[C@H](CO)C(C)(C)C)c(O)c(C(C)(C)C)c1.Cl.[O]=[V]. The number of aliphatic hydroxyl groups excluding tert-OH is 1. The predicted octanol–water partition coefficient (Wildman–Crippen LogP) is 5.11. The fraction of sp³-hybridized carbons (Fsp3) is 0.667. The van der Waals surface area contributed by atoms with Crippen molar-refractivity contribution in [3.05, 3.63) is 28.8 Å². The van der Waals surface area contributed by atoms with Crippen LogP contribution in [0.15, 0.2) is 17.1 Å². The summed E-state index contributed by atoms with van der Waals surface area (Å²) in [4.78, 5) is 4.56. The molecule has 1 aromatic carbocycles. The molecular weight excluding hydrogens is 401 g/mol. The van der Waals surface area contributed by atoms with Gasteiger partial charge in [0.1, 0.15) is 5.75 Å². The molecule has 0 aliphatic rings. The second-order valence-electron chi connectivity index (χ2n) is 9.80. The van der Waals surface area contributed by atoms with Gasteiger partial charge >= 0.3 is 21.0 Å². The molecule has 0 aromatic heterocycles. The number of phenols is 1. The third-order valence-corrected chi connectivity index (χ3v) is 4.38. The van der Waals surface area contributed by atoms with Gasteiger partial charge < -0.3 is 10.2 Å². The standard InChI is InChI=1S/C21H35NO2.ClH.O.V/c1-19(2,3)15-10-14(12-22-17(13-23)21(7,8)9)18(24)16(11-15)20(4,5)6;;;/h10-12,17,23-24H,13H2,1-9H3;1H;;/t17-;;;/m1.../s1. The second kappa shape index (κ2) is 10.8. The Morgan fingerprint density at radius 3 is 1.81 bits per heavy atom. The van der Waals surface area contributed by atoms with E-state index in [0.717, 1.165) is 28.5 Å². The normalized spacial score (nSPS) is 13.5. The molecule has 0 saturated heterocycles. The van der Waals surface area contributed by atoms with Gasteiger partial charge in [-0.15, -0.1) is 12.4 Å². The maximum atomic E-state index is 10.7. The Morgan fingerprint density at radius 2 is 1.48 bits per heavy atom. The quantitative estimate of drug-likeness (QED) is 0.646. The van der Waals surface area contributed by atoms with E-state index >= 15 is 0 Å². The molecule has 27 heavy (non-hydrogen) atoms. The Labute approximate surface area is 180 Å². The van der Waals surface area contributed by atoms with Crippen molar-refractivity contribution in [1.82, 2.24) is 0 Å². The minimum absolute atomic E-state index is 0. The van der Waals surface area contributed by atoms with Crippen molar-refractivity contribution in [2.75, 3.05) is 6.61 Å². The molecule has 0 unspecified atom stereocenters.